The van der Waals surface area contributed by atoms with Crippen LogP contribution in [0.3, 0.4) is 0 Å². The molecule has 0 saturated heterocycles. The molecule has 1 N–H and O–H groups in total. The molecular formula is C12H6Cl2INO3. The zero-order chi connectivity index (χ0) is 14.0. The third-order valence-corrected chi connectivity index (χ3v) is 3.30. The monoisotopic (exact) mass is 409 g/mol. The van der Waals surface area contributed by atoms with Crippen molar-refractivity contribution in [2.24, 2.45) is 0 Å². The molecule has 2 rings (SSSR count). The van der Waals surface area contributed by atoms with Gasteiger partial charge in [-0.15, -0.1) is 0 Å². The number of carboxylic acids is 1. The molecule has 0 atom stereocenters. The highest BCUT2D eigenvalue weighted by atomic mass is 127. The van der Waals surface area contributed by atoms with Crippen molar-refractivity contribution >= 4 is 51.8 Å². The van der Waals surface area contributed by atoms with Crippen LogP contribution in [0.25, 0.3) is 0 Å². The average Bonchev–Trinajstić information content (AvgIpc) is 2.34. The summed E-state index contributed by atoms with van der Waals surface area (Å²) in [6.45, 7) is 0. The van der Waals surface area contributed by atoms with Crippen molar-refractivity contribution in [3.05, 3.63) is 49.6 Å². The number of hydrogen-bond donors (Lipinski definition) is 1. The van der Waals surface area contributed by atoms with Gasteiger partial charge in [0.25, 0.3) is 0 Å². The fourth-order valence-electron chi connectivity index (χ4n) is 1.34. The summed E-state index contributed by atoms with van der Waals surface area (Å²) in [6, 6.07) is 6.25. The van der Waals surface area contributed by atoms with E-state index in [0.29, 0.717) is 5.02 Å². The summed E-state index contributed by atoms with van der Waals surface area (Å²) in [7, 11) is 0. The Hall–Kier alpha value is -1.05. The fourth-order valence-corrected chi connectivity index (χ4v) is 2.25. The maximum atomic E-state index is 11.1. The zero-order valence-electron chi connectivity index (χ0n) is 9.23. The predicted octanol–water partition coefficient (Wildman–Crippen LogP) is 4.48. The van der Waals surface area contributed by atoms with Crippen LogP contribution in [0, 0.1) is 3.57 Å². The Labute approximate surface area is 132 Å². The van der Waals surface area contributed by atoms with E-state index in [-0.39, 0.29) is 22.2 Å². The van der Waals surface area contributed by atoms with E-state index in [1.54, 1.807) is 12.1 Å². The largest absolute Gasteiger partial charge is 0.478 e. The molecule has 4 nitrogen and oxygen atoms in total. The second-order valence-corrected chi connectivity index (χ2v) is 5.58. The normalized spacial score (nSPS) is 10.3. The number of ether oxygens (including phenoxy) is 1. The topological polar surface area (TPSA) is 59.4 Å². The molecule has 1 aromatic heterocycles. The van der Waals surface area contributed by atoms with Gasteiger partial charge in [-0.2, -0.15) is 0 Å². The third-order valence-electron chi connectivity index (χ3n) is 2.15. The van der Waals surface area contributed by atoms with Crippen LogP contribution < -0.4 is 4.74 Å². The minimum Gasteiger partial charge on any atom is -0.478 e. The number of aromatic nitrogens is 1. The molecule has 0 spiro atoms. The molecule has 0 unspecified atom stereocenters. The predicted molar refractivity (Wildman–Crippen MR) is 80.4 cm³/mol. The van der Waals surface area contributed by atoms with Gasteiger partial charge in [0.15, 0.2) is 0 Å². The van der Waals surface area contributed by atoms with Gasteiger partial charge in [0.05, 0.1) is 5.02 Å². The lowest BCUT2D eigenvalue weighted by atomic mass is 10.2. The number of rotatable bonds is 3. The Morgan fingerprint density at radius 2 is 2.05 bits per heavy atom. The first-order chi connectivity index (χ1) is 8.97. The van der Waals surface area contributed by atoms with Gasteiger partial charge in [-0.05, 0) is 46.9 Å². The second kappa shape index (κ2) is 5.94. The van der Waals surface area contributed by atoms with E-state index in [0.717, 1.165) is 3.57 Å². The highest BCUT2D eigenvalue weighted by Crippen LogP contribution is 2.31. The van der Waals surface area contributed by atoms with E-state index in [2.05, 4.69) is 4.98 Å². The lowest BCUT2D eigenvalue weighted by Gasteiger charge is -2.09. The summed E-state index contributed by atoms with van der Waals surface area (Å²) in [4.78, 5) is 15.1. The number of benzene rings is 1. The van der Waals surface area contributed by atoms with Gasteiger partial charge in [0.2, 0.25) is 5.88 Å². The number of aromatic carboxylic acids is 1. The van der Waals surface area contributed by atoms with Gasteiger partial charge < -0.3 is 9.84 Å². The Morgan fingerprint density at radius 3 is 2.68 bits per heavy atom. The van der Waals surface area contributed by atoms with E-state index in [4.69, 9.17) is 33.0 Å². The summed E-state index contributed by atoms with van der Waals surface area (Å²) >= 11 is 13.7. The van der Waals surface area contributed by atoms with Crippen LogP contribution in [0.4, 0.5) is 0 Å². The molecule has 0 aliphatic carbocycles. The Morgan fingerprint density at radius 1 is 1.32 bits per heavy atom. The van der Waals surface area contributed by atoms with Crippen molar-refractivity contribution in [1.29, 1.82) is 0 Å². The minimum atomic E-state index is -1.08. The van der Waals surface area contributed by atoms with E-state index in [9.17, 15) is 4.79 Å². The van der Waals surface area contributed by atoms with Crippen molar-refractivity contribution in [2.45, 2.75) is 0 Å². The van der Waals surface area contributed by atoms with Gasteiger partial charge in [0.1, 0.15) is 16.3 Å². The van der Waals surface area contributed by atoms with Crippen LogP contribution in [-0.2, 0) is 0 Å². The Bertz CT molecular complexity index is 649. The van der Waals surface area contributed by atoms with Crippen LogP contribution in [0.5, 0.6) is 11.6 Å². The lowest BCUT2D eigenvalue weighted by molar-refractivity contribution is 0.0694. The molecule has 0 saturated carbocycles. The highest BCUT2D eigenvalue weighted by molar-refractivity contribution is 14.1. The first kappa shape index (κ1) is 14.4. The molecule has 0 fully saturated rings. The van der Waals surface area contributed by atoms with Gasteiger partial charge in [-0.3, -0.25) is 0 Å². The molecular weight excluding hydrogens is 404 g/mol. The molecule has 0 radical (unpaired) electrons. The fraction of sp³-hybridized carbons (Fsp3) is 0. The first-order valence-corrected chi connectivity index (χ1v) is 6.82. The summed E-state index contributed by atoms with van der Waals surface area (Å²) in [5.74, 6) is -0.807. The standard InChI is InChI=1S/C12H6Cl2INO3/c13-6-3-9(14)11(16-5-6)19-10-2-1-7(15)4-8(10)12(17)18/h1-5H,(H,17,18). The molecule has 19 heavy (non-hydrogen) atoms. The smallest absolute Gasteiger partial charge is 0.339 e. The van der Waals surface area contributed by atoms with Crippen molar-refractivity contribution in [3.8, 4) is 11.6 Å². The number of pyridine rings is 1. The number of carboxylic acid groups (broad SMARTS) is 1. The van der Waals surface area contributed by atoms with Crippen molar-refractivity contribution in [1.82, 2.24) is 4.98 Å². The van der Waals surface area contributed by atoms with Gasteiger partial charge in [-0.1, -0.05) is 23.2 Å². The Balaban J connectivity index is 2.40. The van der Waals surface area contributed by atoms with E-state index in [1.807, 2.05) is 22.6 Å². The molecule has 1 aromatic carbocycles. The average molecular weight is 410 g/mol. The summed E-state index contributed by atoms with van der Waals surface area (Å²) in [6.07, 6.45) is 1.37. The van der Waals surface area contributed by atoms with Crippen LogP contribution in [0.2, 0.25) is 10.0 Å². The van der Waals surface area contributed by atoms with E-state index >= 15 is 0 Å². The molecule has 2 aromatic rings. The molecule has 1 heterocycles. The molecule has 0 amide bonds. The van der Waals surface area contributed by atoms with Crippen LogP contribution >= 0.6 is 45.8 Å². The quantitative estimate of drug-likeness (QED) is 0.759. The minimum absolute atomic E-state index is 0.0414. The van der Waals surface area contributed by atoms with Gasteiger partial charge in [0, 0.05) is 9.77 Å². The second-order valence-electron chi connectivity index (χ2n) is 3.49. The number of carbonyl (C=O) groups is 1. The summed E-state index contributed by atoms with van der Waals surface area (Å²) in [5.41, 5.74) is 0.0414. The number of halogens is 3. The van der Waals surface area contributed by atoms with Crippen molar-refractivity contribution in [3.63, 3.8) is 0 Å². The van der Waals surface area contributed by atoms with Crippen LogP contribution in [-0.4, -0.2) is 16.1 Å². The highest BCUT2D eigenvalue weighted by Gasteiger charge is 2.14. The van der Waals surface area contributed by atoms with Gasteiger partial charge in [-0.25, -0.2) is 9.78 Å². The third kappa shape index (κ3) is 3.49. The van der Waals surface area contributed by atoms with Crippen LogP contribution in [0.15, 0.2) is 30.5 Å². The van der Waals surface area contributed by atoms with Gasteiger partial charge >= 0.3 is 5.97 Å². The molecule has 7 heteroatoms. The number of hydrogen-bond acceptors (Lipinski definition) is 3. The Kier molecular flexibility index (Phi) is 4.49. The number of nitrogens with zero attached hydrogens (tertiary/aromatic N) is 1. The molecule has 0 aliphatic rings. The summed E-state index contributed by atoms with van der Waals surface area (Å²) in [5, 5.41) is 9.71. The van der Waals surface area contributed by atoms with E-state index in [1.165, 1.54) is 18.3 Å². The van der Waals surface area contributed by atoms with Crippen LogP contribution in [0.1, 0.15) is 10.4 Å². The maximum Gasteiger partial charge on any atom is 0.339 e. The maximum absolute atomic E-state index is 11.1. The van der Waals surface area contributed by atoms with Crippen molar-refractivity contribution < 1.29 is 14.6 Å². The molecule has 0 bridgehead atoms. The van der Waals surface area contributed by atoms with Crippen molar-refractivity contribution in [2.75, 3.05) is 0 Å². The first-order valence-electron chi connectivity index (χ1n) is 4.99. The van der Waals surface area contributed by atoms with E-state index < -0.39 is 5.97 Å². The SMILES string of the molecule is O=C(O)c1cc(I)ccc1Oc1ncc(Cl)cc1Cl. The zero-order valence-corrected chi connectivity index (χ0v) is 12.9. The lowest BCUT2D eigenvalue weighted by Crippen LogP contribution is -2.01. The molecule has 0 aliphatic heterocycles. The molecule has 98 valence electrons. The summed E-state index contributed by atoms with van der Waals surface area (Å²) < 4.78 is 6.22.